The van der Waals surface area contributed by atoms with E-state index in [0.717, 1.165) is 30.3 Å². The number of anilines is 1. The highest BCUT2D eigenvalue weighted by Crippen LogP contribution is 2.37. The number of carbonyl (C=O) groups excluding carboxylic acids is 1. The van der Waals surface area contributed by atoms with Gasteiger partial charge in [0.05, 0.1) is 23.9 Å². The van der Waals surface area contributed by atoms with Crippen LogP contribution in [0.2, 0.25) is 5.02 Å². The molecule has 0 aliphatic carbocycles. The van der Waals surface area contributed by atoms with Crippen molar-refractivity contribution in [3.05, 3.63) is 89.3 Å². The van der Waals surface area contributed by atoms with E-state index in [-0.39, 0.29) is 49.4 Å². The fraction of sp³-hybridized carbons (Fsp3) is 0.324. The van der Waals surface area contributed by atoms with Crippen LogP contribution in [-0.2, 0) is 11.3 Å². The van der Waals surface area contributed by atoms with E-state index in [0.29, 0.717) is 40.3 Å². The van der Waals surface area contributed by atoms with Crippen LogP contribution in [0, 0.1) is 17.1 Å². The van der Waals surface area contributed by atoms with Gasteiger partial charge in [-0.2, -0.15) is 15.2 Å². The van der Waals surface area contributed by atoms with Gasteiger partial charge in [0.15, 0.2) is 5.82 Å². The number of aromatic nitrogens is 3. The highest BCUT2D eigenvalue weighted by Gasteiger charge is 2.34. The zero-order valence-corrected chi connectivity index (χ0v) is 27.8. The number of halogens is 2. The monoisotopic (exact) mass is 679 g/mol. The third kappa shape index (κ3) is 6.67. The third-order valence-electron chi connectivity index (χ3n) is 9.38. The molecule has 0 saturated carbocycles. The van der Waals surface area contributed by atoms with Crippen molar-refractivity contribution >= 4 is 45.2 Å². The van der Waals surface area contributed by atoms with Crippen LogP contribution < -0.4 is 9.64 Å². The molecule has 2 aromatic heterocycles. The fourth-order valence-corrected chi connectivity index (χ4v) is 7.02. The Balaban J connectivity index is 1.24. The topological polar surface area (TPSA) is 108 Å². The van der Waals surface area contributed by atoms with Crippen molar-refractivity contribution < 1.29 is 18.7 Å². The largest absolute Gasteiger partial charge is 0.462 e. The quantitative estimate of drug-likeness (QED) is 0.174. The molecule has 0 N–H and O–H groups in total. The van der Waals surface area contributed by atoms with Crippen molar-refractivity contribution in [3.8, 4) is 23.3 Å². The Bertz CT molecular complexity index is 2040. The van der Waals surface area contributed by atoms with Gasteiger partial charge in [-0.3, -0.25) is 4.98 Å². The first-order chi connectivity index (χ1) is 23.9. The number of likely N-dealkylation sites (N-methyl/N-ethyl adjacent to an activating group) is 1. The lowest BCUT2D eigenvalue weighted by Gasteiger charge is -2.40. The van der Waals surface area contributed by atoms with Gasteiger partial charge >= 0.3 is 12.1 Å². The Morgan fingerprint density at radius 3 is 2.63 bits per heavy atom. The lowest BCUT2D eigenvalue weighted by Crippen LogP contribution is -2.55. The normalized spacial score (nSPS) is 18.2. The first-order valence-electron chi connectivity index (χ1n) is 16.4. The second-order valence-corrected chi connectivity index (χ2v) is 12.8. The summed E-state index contributed by atoms with van der Waals surface area (Å²) in [5, 5.41) is 12.1. The molecule has 2 saturated heterocycles. The van der Waals surface area contributed by atoms with Crippen LogP contribution in [0.4, 0.5) is 15.0 Å². The molecular formula is C37H35ClFN7O3. The maximum absolute atomic E-state index is 16.7. The van der Waals surface area contributed by atoms with Gasteiger partial charge in [0.25, 0.3) is 0 Å². The third-order valence-corrected chi connectivity index (χ3v) is 9.69. The number of amides is 1. The van der Waals surface area contributed by atoms with Gasteiger partial charge in [0, 0.05) is 47.8 Å². The van der Waals surface area contributed by atoms with Crippen molar-refractivity contribution in [1.82, 2.24) is 24.8 Å². The molecule has 4 heterocycles. The van der Waals surface area contributed by atoms with Crippen molar-refractivity contribution in [2.24, 2.45) is 0 Å². The number of carbonyl (C=O) groups is 1. The summed E-state index contributed by atoms with van der Waals surface area (Å²) in [5.74, 6) is -0.193. The minimum atomic E-state index is -0.617. The van der Waals surface area contributed by atoms with E-state index >= 15 is 4.39 Å². The number of hydrogen-bond donors (Lipinski definition) is 0. The average molecular weight is 680 g/mol. The molecule has 0 bridgehead atoms. The number of rotatable bonds is 8. The zero-order valence-electron chi connectivity index (χ0n) is 27.1. The molecule has 49 heavy (non-hydrogen) atoms. The van der Waals surface area contributed by atoms with Gasteiger partial charge in [-0.1, -0.05) is 72.3 Å². The van der Waals surface area contributed by atoms with Crippen molar-refractivity contribution in [2.45, 2.75) is 38.0 Å². The smallest absolute Gasteiger partial charge is 0.410 e. The molecule has 10 nitrogen and oxygen atoms in total. The Hall–Kier alpha value is -5.05. The molecule has 3 aromatic carbocycles. The molecular weight excluding hydrogens is 645 g/mol. The molecule has 0 radical (unpaired) electrons. The minimum Gasteiger partial charge on any atom is -0.462 e. The van der Waals surface area contributed by atoms with E-state index in [1.807, 2.05) is 59.5 Å². The molecule has 5 aromatic rings. The maximum Gasteiger partial charge on any atom is 0.410 e. The number of nitriles is 1. The van der Waals surface area contributed by atoms with Crippen LogP contribution in [0.15, 0.2) is 72.9 Å². The molecule has 2 fully saturated rings. The van der Waals surface area contributed by atoms with Crippen LogP contribution in [-0.4, -0.2) is 82.8 Å². The van der Waals surface area contributed by atoms with E-state index in [2.05, 4.69) is 28.0 Å². The van der Waals surface area contributed by atoms with Gasteiger partial charge in [-0.15, -0.1) is 0 Å². The highest BCUT2D eigenvalue weighted by atomic mass is 35.5. The lowest BCUT2D eigenvalue weighted by atomic mass is 10.0. The Morgan fingerprint density at radius 1 is 1.04 bits per heavy atom. The summed E-state index contributed by atoms with van der Waals surface area (Å²) in [6.07, 6.45) is 3.22. The number of pyridine rings is 1. The first-order valence-corrected chi connectivity index (χ1v) is 16.7. The second-order valence-electron chi connectivity index (χ2n) is 12.4. The second kappa shape index (κ2) is 14.2. The molecule has 0 spiro atoms. The van der Waals surface area contributed by atoms with Crippen LogP contribution >= 0.6 is 11.6 Å². The summed E-state index contributed by atoms with van der Waals surface area (Å²) in [5.41, 5.74) is 1.60. The van der Waals surface area contributed by atoms with Crippen LogP contribution in [0.1, 0.15) is 24.8 Å². The predicted octanol–water partition coefficient (Wildman–Crippen LogP) is 6.85. The molecule has 1 amide bonds. The van der Waals surface area contributed by atoms with Gasteiger partial charge in [0.2, 0.25) is 0 Å². The minimum absolute atomic E-state index is 0.0522. The first kappa shape index (κ1) is 32.5. The number of likely N-dealkylation sites (tertiary alicyclic amines) is 1. The van der Waals surface area contributed by atoms with E-state index < -0.39 is 18.0 Å². The number of piperazine rings is 1. The summed E-state index contributed by atoms with van der Waals surface area (Å²) in [6, 6.07) is 22.5. The SMILES string of the molecule is CN1CCC[C@H]1COc1nc(N2CCN(C(=O)OCc3ccccc3)[C@@H](CC#N)C2)c2cnc(-c3cccc4cccc(Cl)c34)c(F)c2n1. The van der Waals surface area contributed by atoms with E-state index in [1.165, 1.54) is 0 Å². The maximum atomic E-state index is 16.7. The van der Waals surface area contributed by atoms with Crippen molar-refractivity contribution in [2.75, 3.05) is 44.7 Å². The summed E-state index contributed by atoms with van der Waals surface area (Å²) in [4.78, 5) is 32.9. The summed E-state index contributed by atoms with van der Waals surface area (Å²) in [7, 11) is 2.06. The average Bonchev–Trinajstić information content (AvgIpc) is 3.54. The van der Waals surface area contributed by atoms with E-state index in [9.17, 15) is 10.1 Å². The molecule has 2 aliphatic heterocycles. The number of fused-ring (bicyclic) bond motifs is 2. The van der Waals surface area contributed by atoms with E-state index in [1.54, 1.807) is 23.2 Å². The standard InChI is InChI=1S/C37H35ClFN7O3/c1-44-17-7-12-27(44)23-48-36-42-34-29(20-41-33(32(34)39)28-13-5-10-25-11-6-14-30(38)31(25)28)35(43-36)45-18-19-46(26(21-45)15-16-40)37(47)49-22-24-8-3-2-4-9-24/h2-6,8-11,13-14,20,26-27H,7,12,15,17-19,21-23H2,1H3/t26-,27-/m0/s1. The van der Waals surface area contributed by atoms with Crippen LogP contribution in [0.25, 0.3) is 32.9 Å². The number of ether oxygens (including phenoxy) is 2. The molecule has 12 heteroatoms. The van der Waals surface area contributed by atoms with Crippen LogP contribution in [0.3, 0.4) is 0 Å². The number of nitrogens with zero attached hydrogens (tertiary/aromatic N) is 7. The van der Waals surface area contributed by atoms with Crippen molar-refractivity contribution in [1.29, 1.82) is 5.26 Å². The van der Waals surface area contributed by atoms with E-state index in [4.69, 9.17) is 26.1 Å². The Kier molecular flexibility index (Phi) is 9.42. The summed E-state index contributed by atoms with van der Waals surface area (Å²) in [6.45, 7) is 2.37. The van der Waals surface area contributed by atoms with Crippen LogP contribution in [0.5, 0.6) is 6.01 Å². The summed E-state index contributed by atoms with van der Waals surface area (Å²) < 4.78 is 28.5. The van der Waals surface area contributed by atoms with Gasteiger partial charge in [0.1, 0.15) is 30.2 Å². The highest BCUT2D eigenvalue weighted by molar-refractivity contribution is 6.36. The summed E-state index contributed by atoms with van der Waals surface area (Å²) >= 11 is 6.61. The van der Waals surface area contributed by atoms with Crippen molar-refractivity contribution in [3.63, 3.8) is 0 Å². The fourth-order valence-electron chi connectivity index (χ4n) is 6.74. The lowest BCUT2D eigenvalue weighted by molar-refractivity contribution is 0.0768. The molecule has 7 rings (SSSR count). The molecule has 2 atom stereocenters. The molecule has 2 aliphatic rings. The van der Waals surface area contributed by atoms with Gasteiger partial charge in [-0.05, 0) is 43.5 Å². The number of hydrogen-bond acceptors (Lipinski definition) is 9. The predicted molar refractivity (Wildman–Crippen MR) is 186 cm³/mol. The Labute approximate surface area is 288 Å². The van der Waals surface area contributed by atoms with Gasteiger partial charge in [-0.25, -0.2) is 9.18 Å². The number of benzene rings is 3. The molecule has 0 unspecified atom stereocenters. The van der Waals surface area contributed by atoms with Gasteiger partial charge < -0.3 is 24.2 Å². The zero-order chi connectivity index (χ0) is 33.9. The molecule has 250 valence electrons. The Morgan fingerprint density at radius 2 is 1.86 bits per heavy atom.